The molecule has 0 spiro atoms. The van der Waals surface area contributed by atoms with Crippen LogP contribution in [-0.4, -0.2) is 29.0 Å². The molecule has 0 saturated carbocycles. The van der Waals surface area contributed by atoms with Gasteiger partial charge in [-0.05, 0) is 43.9 Å². The van der Waals surface area contributed by atoms with Crippen LogP contribution >= 0.6 is 0 Å². The molecule has 1 aromatic rings. The number of hydrogen-bond acceptors (Lipinski definition) is 4. The van der Waals surface area contributed by atoms with Crippen LogP contribution in [0, 0.1) is 6.92 Å². The molecule has 0 unspecified atom stereocenters. The zero-order valence-electron chi connectivity index (χ0n) is 12.7. The van der Waals surface area contributed by atoms with Crippen LogP contribution in [0.3, 0.4) is 0 Å². The molecule has 6 heteroatoms. The van der Waals surface area contributed by atoms with E-state index in [9.17, 15) is 8.42 Å². The summed E-state index contributed by atoms with van der Waals surface area (Å²) in [7, 11) is 3.51. The maximum atomic E-state index is 12.1. The molecule has 0 atom stereocenters. The van der Waals surface area contributed by atoms with E-state index in [0.717, 1.165) is 17.7 Å². The molecule has 1 aromatic carbocycles. The molecule has 0 amide bonds. The van der Waals surface area contributed by atoms with E-state index in [4.69, 9.17) is 12.0 Å². The lowest BCUT2D eigenvalue weighted by Gasteiger charge is -2.11. The summed E-state index contributed by atoms with van der Waals surface area (Å²) in [6, 6.07) is 4.83. The summed E-state index contributed by atoms with van der Waals surface area (Å²) in [6.45, 7) is 7.40. The van der Waals surface area contributed by atoms with E-state index in [1.54, 1.807) is 19.2 Å². The first-order valence-corrected chi connectivity index (χ1v) is 8.13. The van der Waals surface area contributed by atoms with Crippen molar-refractivity contribution in [2.24, 2.45) is 4.99 Å². The van der Waals surface area contributed by atoms with Gasteiger partial charge in [0, 0.05) is 12.8 Å². The normalized spacial score (nSPS) is 12.2. The van der Waals surface area contributed by atoms with Crippen LogP contribution in [0.1, 0.15) is 31.7 Å². The summed E-state index contributed by atoms with van der Waals surface area (Å²) < 4.78 is 29.3. The van der Waals surface area contributed by atoms with Crippen LogP contribution in [0.2, 0.25) is 0 Å². The van der Waals surface area contributed by atoms with Crippen molar-refractivity contribution < 1.29 is 12.6 Å². The minimum atomic E-state index is -3.86. The van der Waals surface area contributed by atoms with Gasteiger partial charge in [-0.1, -0.05) is 25.0 Å². The lowest BCUT2D eigenvalue weighted by atomic mass is 9.94. The zero-order valence-corrected chi connectivity index (χ0v) is 13.5. The van der Waals surface area contributed by atoms with Crippen LogP contribution in [0.4, 0.5) is 0 Å². The van der Waals surface area contributed by atoms with Gasteiger partial charge in [0.25, 0.3) is 0 Å². The maximum Gasteiger partial charge on any atom is 0.334 e. The summed E-state index contributed by atoms with van der Waals surface area (Å²) in [5.41, 5.74) is 2.24. The highest BCUT2D eigenvalue weighted by atomic mass is 32.2. The number of allylic oxidation sites excluding steroid dienone is 1. The smallest absolute Gasteiger partial charge is 0.334 e. The van der Waals surface area contributed by atoms with Crippen LogP contribution < -0.4 is 9.65 Å². The number of hydrogen-bond donors (Lipinski definition) is 0. The van der Waals surface area contributed by atoms with E-state index < -0.39 is 10.1 Å². The molecular formula is C15H20BNO3S. The number of nitrogens with zero attached hydrogens (tertiary/aromatic N) is 1. The average Bonchev–Trinajstić information content (AvgIpc) is 2.37. The molecule has 0 saturated heterocycles. The summed E-state index contributed by atoms with van der Waals surface area (Å²) in [5.74, 6) is 0.202. The zero-order chi connectivity index (χ0) is 16.0. The molecule has 0 fully saturated rings. The highest BCUT2D eigenvalue weighted by Crippen LogP contribution is 2.19. The lowest BCUT2D eigenvalue weighted by Crippen LogP contribution is -2.14. The van der Waals surface area contributed by atoms with Gasteiger partial charge in [0.2, 0.25) is 0 Å². The van der Waals surface area contributed by atoms with Gasteiger partial charge in [-0.3, -0.25) is 4.99 Å². The van der Waals surface area contributed by atoms with Crippen LogP contribution in [0.5, 0.6) is 5.75 Å². The molecule has 0 heterocycles. The van der Waals surface area contributed by atoms with Crippen molar-refractivity contribution in [3.05, 3.63) is 35.2 Å². The maximum absolute atomic E-state index is 12.1. The molecular weight excluding hydrogens is 285 g/mol. The molecule has 4 nitrogen and oxygen atoms in total. The summed E-state index contributed by atoms with van der Waals surface area (Å²) in [5, 5.41) is 0. The van der Waals surface area contributed by atoms with E-state index in [0.29, 0.717) is 18.3 Å². The Morgan fingerprint density at radius 2 is 2.00 bits per heavy atom. The minimum Gasteiger partial charge on any atom is -0.379 e. The largest absolute Gasteiger partial charge is 0.379 e. The van der Waals surface area contributed by atoms with Crippen molar-refractivity contribution in [2.75, 3.05) is 7.05 Å². The van der Waals surface area contributed by atoms with Crippen molar-refractivity contribution >= 4 is 29.1 Å². The highest BCUT2D eigenvalue weighted by Gasteiger charge is 2.18. The number of benzene rings is 1. The Morgan fingerprint density at radius 3 is 2.52 bits per heavy atom. The van der Waals surface area contributed by atoms with Gasteiger partial charge < -0.3 is 4.18 Å². The Morgan fingerprint density at radius 1 is 1.33 bits per heavy atom. The fourth-order valence-electron chi connectivity index (χ4n) is 1.87. The Kier molecular flexibility index (Phi) is 6.21. The monoisotopic (exact) mass is 305 g/mol. The predicted octanol–water partition coefficient (Wildman–Crippen LogP) is 2.27. The molecule has 0 aliphatic rings. The topological polar surface area (TPSA) is 55.7 Å². The molecule has 2 radical (unpaired) electrons. The molecule has 0 aliphatic heterocycles. The molecule has 0 aliphatic carbocycles. The molecule has 112 valence electrons. The van der Waals surface area contributed by atoms with Gasteiger partial charge in [0.15, 0.2) is 0 Å². The first kappa shape index (κ1) is 17.5. The van der Waals surface area contributed by atoms with Crippen LogP contribution in [0.15, 0.2) is 34.7 Å². The third kappa shape index (κ3) is 5.38. The SMILES string of the molecule is [B]c1cc(C)cc(OS(=O)(=O)C(=C)CCC(CC)=NC)c1. The fraction of sp³-hybridized carbons (Fsp3) is 0.400. The van der Waals surface area contributed by atoms with Gasteiger partial charge in [-0.2, -0.15) is 8.42 Å². The summed E-state index contributed by atoms with van der Waals surface area (Å²) >= 11 is 0. The second-order valence-corrected chi connectivity index (χ2v) is 6.45. The Bertz CT molecular complexity index is 631. The van der Waals surface area contributed by atoms with Crippen LogP contribution in [0.25, 0.3) is 0 Å². The van der Waals surface area contributed by atoms with Gasteiger partial charge in [-0.15, -0.1) is 0 Å². The molecule has 0 aromatic heterocycles. The minimum absolute atomic E-state index is 0.0391. The van der Waals surface area contributed by atoms with Crippen molar-refractivity contribution in [1.29, 1.82) is 0 Å². The third-order valence-electron chi connectivity index (χ3n) is 3.05. The fourth-order valence-corrected chi connectivity index (χ4v) is 2.69. The molecule has 0 N–H and O–H groups in total. The van der Waals surface area contributed by atoms with Gasteiger partial charge in [-0.25, -0.2) is 0 Å². The second kappa shape index (κ2) is 7.45. The Labute approximate surface area is 128 Å². The first-order chi connectivity index (χ1) is 9.78. The highest BCUT2D eigenvalue weighted by molar-refractivity contribution is 7.91. The van der Waals surface area contributed by atoms with E-state index in [-0.39, 0.29) is 10.7 Å². The summed E-state index contributed by atoms with van der Waals surface area (Å²) in [6.07, 6.45) is 1.65. The van der Waals surface area contributed by atoms with Crippen molar-refractivity contribution in [3.8, 4) is 5.75 Å². The van der Waals surface area contributed by atoms with E-state index in [1.165, 1.54) is 6.07 Å². The van der Waals surface area contributed by atoms with Crippen molar-refractivity contribution in [3.63, 3.8) is 0 Å². The quantitative estimate of drug-likeness (QED) is 0.441. The number of rotatable bonds is 7. The van der Waals surface area contributed by atoms with Crippen molar-refractivity contribution in [1.82, 2.24) is 0 Å². The Hall–Kier alpha value is -1.56. The average molecular weight is 305 g/mol. The molecule has 1 rings (SSSR count). The van der Waals surface area contributed by atoms with E-state index in [2.05, 4.69) is 11.6 Å². The van der Waals surface area contributed by atoms with Crippen LogP contribution in [-0.2, 0) is 10.1 Å². The predicted molar refractivity (Wildman–Crippen MR) is 88.1 cm³/mol. The van der Waals surface area contributed by atoms with E-state index in [1.807, 2.05) is 13.8 Å². The summed E-state index contributed by atoms with van der Waals surface area (Å²) in [4.78, 5) is 4.13. The number of aliphatic imine (C=N–C) groups is 1. The second-order valence-electron chi connectivity index (χ2n) is 4.80. The lowest BCUT2D eigenvalue weighted by molar-refractivity contribution is 0.492. The first-order valence-electron chi connectivity index (χ1n) is 6.72. The number of aryl methyl sites for hydroxylation is 1. The van der Waals surface area contributed by atoms with E-state index >= 15 is 0 Å². The standard InChI is InChI=1S/C15H20BNO3S/c1-5-14(17-4)7-6-12(3)21(18,19)20-15-9-11(2)8-13(16)10-15/h8-10H,3,5-7H2,1-2,4H3. The van der Waals surface area contributed by atoms with Gasteiger partial charge in [0.1, 0.15) is 13.6 Å². The van der Waals surface area contributed by atoms with Gasteiger partial charge >= 0.3 is 10.1 Å². The Balaban J connectivity index is 2.79. The van der Waals surface area contributed by atoms with Gasteiger partial charge in [0.05, 0.1) is 4.91 Å². The molecule has 0 bridgehead atoms. The molecule has 21 heavy (non-hydrogen) atoms. The van der Waals surface area contributed by atoms with Crippen molar-refractivity contribution in [2.45, 2.75) is 33.1 Å². The third-order valence-corrected chi connectivity index (χ3v) is 4.37.